The summed E-state index contributed by atoms with van der Waals surface area (Å²) in [4.78, 5) is 11.5. The third kappa shape index (κ3) is 2.28. The van der Waals surface area contributed by atoms with Crippen LogP contribution < -0.4 is 5.32 Å². The van der Waals surface area contributed by atoms with E-state index >= 15 is 0 Å². The molecular formula is C13H23NO3. The van der Waals surface area contributed by atoms with Crippen molar-refractivity contribution in [2.45, 2.75) is 64.1 Å². The number of alkyl carbamates (subject to hydrolysis) is 1. The fourth-order valence-corrected chi connectivity index (χ4v) is 2.89. The van der Waals surface area contributed by atoms with Gasteiger partial charge in [-0.2, -0.15) is 0 Å². The van der Waals surface area contributed by atoms with Gasteiger partial charge in [0.25, 0.3) is 0 Å². The topological polar surface area (TPSA) is 58.6 Å². The number of hydrogen-bond donors (Lipinski definition) is 2. The van der Waals surface area contributed by atoms with E-state index in [1.165, 1.54) is 6.42 Å². The average molecular weight is 241 g/mol. The molecular weight excluding hydrogens is 218 g/mol. The summed E-state index contributed by atoms with van der Waals surface area (Å²) in [6, 6.07) is 0. The maximum Gasteiger partial charge on any atom is 0.407 e. The van der Waals surface area contributed by atoms with E-state index < -0.39 is 17.3 Å². The smallest absolute Gasteiger partial charge is 0.407 e. The largest absolute Gasteiger partial charge is 0.444 e. The quantitative estimate of drug-likeness (QED) is 0.779. The molecule has 0 bridgehead atoms. The maximum absolute atomic E-state index is 11.5. The molecule has 0 heterocycles. The highest BCUT2D eigenvalue weighted by Gasteiger charge is 2.60. The van der Waals surface area contributed by atoms with Crippen LogP contribution in [-0.4, -0.2) is 28.9 Å². The molecule has 2 rings (SSSR count). The van der Waals surface area contributed by atoms with Gasteiger partial charge in [-0.3, -0.25) is 0 Å². The highest BCUT2D eigenvalue weighted by molar-refractivity contribution is 5.67. The van der Waals surface area contributed by atoms with E-state index in [9.17, 15) is 9.90 Å². The van der Waals surface area contributed by atoms with Crippen LogP contribution in [0.5, 0.6) is 0 Å². The van der Waals surface area contributed by atoms with E-state index in [0.717, 1.165) is 25.7 Å². The standard InChI is InChI=1S/C13H23NO3/c1-11(2,3)17-10(15)14-9-13(16)8-7-12(13)5-4-6-12/h16H,4-9H2,1-3H3,(H,14,15). The Kier molecular flexibility index (Phi) is 2.89. The van der Waals surface area contributed by atoms with E-state index in [-0.39, 0.29) is 5.41 Å². The van der Waals surface area contributed by atoms with Gasteiger partial charge in [-0.05, 0) is 46.5 Å². The number of aliphatic hydroxyl groups is 1. The van der Waals surface area contributed by atoms with Crippen molar-refractivity contribution in [1.29, 1.82) is 0 Å². The minimum atomic E-state index is -0.692. The fraction of sp³-hybridized carbons (Fsp3) is 0.923. The van der Waals surface area contributed by atoms with Crippen molar-refractivity contribution in [2.24, 2.45) is 5.41 Å². The number of amides is 1. The molecule has 0 aromatic rings. The van der Waals surface area contributed by atoms with Crippen LogP contribution in [0.25, 0.3) is 0 Å². The minimum absolute atomic E-state index is 0.0992. The lowest BCUT2D eigenvalue weighted by Crippen LogP contribution is -2.65. The molecule has 2 saturated carbocycles. The molecule has 0 radical (unpaired) electrons. The second kappa shape index (κ2) is 3.87. The second-order valence-corrected chi connectivity index (χ2v) is 6.52. The summed E-state index contributed by atoms with van der Waals surface area (Å²) in [5, 5.41) is 13.2. The van der Waals surface area contributed by atoms with Crippen LogP contribution in [0.3, 0.4) is 0 Å². The summed E-state index contributed by atoms with van der Waals surface area (Å²) < 4.78 is 5.16. The molecule has 0 saturated heterocycles. The van der Waals surface area contributed by atoms with Crippen LogP contribution in [0.15, 0.2) is 0 Å². The van der Waals surface area contributed by atoms with Crippen LogP contribution in [0, 0.1) is 5.41 Å². The van der Waals surface area contributed by atoms with E-state index in [2.05, 4.69) is 5.32 Å². The Balaban J connectivity index is 1.80. The molecule has 1 amide bonds. The molecule has 4 nitrogen and oxygen atoms in total. The molecule has 2 aliphatic rings. The van der Waals surface area contributed by atoms with Gasteiger partial charge >= 0.3 is 6.09 Å². The highest BCUT2D eigenvalue weighted by Crippen LogP contribution is 2.61. The molecule has 1 spiro atoms. The van der Waals surface area contributed by atoms with Crippen LogP contribution in [0.2, 0.25) is 0 Å². The zero-order chi connectivity index (χ0) is 12.7. The summed E-state index contributed by atoms with van der Waals surface area (Å²) >= 11 is 0. The van der Waals surface area contributed by atoms with Crippen molar-refractivity contribution >= 4 is 6.09 Å². The second-order valence-electron chi connectivity index (χ2n) is 6.52. The highest BCUT2D eigenvalue weighted by atomic mass is 16.6. The van der Waals surface area contributed by atoms with Crippen LogP contribution in [0.4, 0.5) is 4.79 Å². The summed E-state index contributed by atoms with van der Waals surface area (Å²) in [6.45, 7) is 5.82. The molecule has 0 aromatic heterocycles. The molecule has 98 valence electrons. The van der Waals surface area contributed by atoms with Gasteiger partial charge in [0.15, 0.2) is 0 Å². The minimum Gasteiger partial charge on any atom is -0.444 e. The normalized spacial score (nSPS) is 30.4. The van der Waals surface area contributed by atoms with Crippen LogP contribution in [0.1, 0.15) is 52.9 Å². The molecule has 2 N–H and O–H groups in total. The molecule has 0 aliphatic heterocycles. The first kappa shape index (κ1) is 12.7. The number of rotatable bonds is 2. The molecule has 17 heavy (non-hydrogen) atoms. The van der Waals surface area contributed by atoms with E-state index in [0.29, 0.717) is 6.54 Å². The van der Waals surface area contributed by atoms with E-state index in [1.54, 1.807) is 0 Å². The monoisotopic (exact) mass is 241 g/mol. The Morgan fingerprint density at radius 1 is 1.29 bits per heavy atom. The van der Waals surface area contributed by atoms with Gasteiger partial charge in [0, 0.05) is 5.41 Å². The van der Waals surface area contributed by atoms with Gasteiger partial charge in [0.1, 0.15) is 5.60 Å². The Labute approximate surface area is 103 Å². The fourth-order valence-electron chi connectivity index (χ4n) is 2.89. The number of carbonyl (C=O) groups excluding carboxylic acids is 1. The predicted octanol–water partition coefficient (Wildman–Crippen LogP) is 2.21. The first-order valence-electron chi connectivity index (χ1n) is 6.46. The third-order valence-electron chi connectivity index (χ3n) is 4.24. The number of ether oxygens (including phenoxy) is 1. The van der Waals surface area contributed by atoms with Gasteiger partial charge in [-0.15, -0.1) is 0 Å². The third-order valence-corrected chi connectivity index (χ3v) is 4.24. The van der Waals surface area contributed by atoms with Crippen molar-refractivity contribution in [3.63, 3.8) is 0 Å². The molecule has 0 aromatic carbocycles. The van der Waals surface area contributed by atoms with Crippen molar-refractivity contribution in [2.75, 3.05) is 6.54 Å². The van der Waals surface area contributed by atoms with Gasteiger partial charge in [-0.25, -0.2) is 4.79 Å². The van der Waals surface area contributed by atoms with Gasteiger partial charge < -0.3 is 15.2 Å². The molecule has 2 fully saturated rings. The first-order chi connectivity index (χ1) is 7.77. The van der Waals surface area contributed by atoms with E-state index in [1.807, 2.05) is 20.8 Å². The Bertz CT molecular complexity index is 312. The van der Waals surface area contributed by atoms with E-state index in [4.69, 9.17) is 4.74 Å². The summed E-state index contributed by atoms with van der Waals surface area (Å²) in [5.74, 6) is 0. The zero-order valence-electron chi connectivity index (χ0n) is 11.0. The van der Waals surface area contributed by atoms with Crippen LogP contribution >= 0.6 is 0 Å². The lowest BCUT2D eigenvalue weighted by molar-refractivity contribution is -0.201. The molecule has 2 aliphatic carbocycles. The Hall–Kier alpha value is -0.770. The summed E-state index contributed by atoms with van der Waals surface area (Å²) in [7, 11) is 0. The molecule has 1 atom stereocenters. The number of carbonyl (C=O) groups is 1. The zero-order valence-corrected chi connectivity index (χ0v) is 11.0. The maximum atomic E-state index is 11.5. The number of hydrogen-bond acceptors (Lipinski definition) is 3. The Morgan fingerprint density at radius 3 is 2.29 bits per heavy atom. The molecule has 1 unspecified atom stereocenters. The summed E-state index contributed by atoms with van der Waals surface area (Å²) in [6.07, 6.45) is 4.85. The Morgan fingerprint density at radius 2 is 1.94 bits per heavy atom. The number of nitrogens with one attached hydrogen (secondary N) is 1. The van der Waals surface area contributed by atoms with Crippen molar-refractivity contribution in [3.8, 4) is 0 Å². The van der Waals surface area contributed by atoms with Crippen molar-refractivity contribution in [3.05, 3.63) is 0 Å². The average Bonchev–Trinajstić information content (AvgIpc) is 2.07. The lowest BCUT2D eigenvalue weighted by Gasteiger charge is -2.61. The van der Waals surface area contributed by atoms with Gasteiger partial charge in [0.2, 0.25) is 0 Å². The van der Waals surface area contributed by atoms with Crippen LogP contribution in [-0.2, 0) is 4.74 Å². The van der Waals surface area contributed by atoms with Gasteiger partial charge in [0.05, 0.1) is 12.1 Å². The van der Waals surface area contributed by atoms with Crippen molar-refractivity contribution in [1.82, 2.24) is 5.32 Å². The lowest BCUT2D eigenvalue weighted by atomic mass is 9.47. The van der Waals surface area contributed by atoms with Gasteiger partial charge in [-0.1, -0.05) is 6.42 Å². The predicted molar refractivity (Wildman–Crippen MR) is 64.7 cm³/mol. The SMILES string of the molecule is CC(C)(C)OC(=O)NCC1(O)CCC12CCC2. The first-order valence-corrected chi connectivity index (χ1v) is 6.46. The molecule has 4 heteroatoms. The summed E-state index contributed by atoms with van der Waals surface area (Å²) in [5.41, 5.74) is -1.08. The van der Waals surface area contributed by atoms with Crippen molar-refractivity contribution < 1.29 is 14.6 Å².